The number of aromatic nitrogens is 1. The number of allylic oxidation sites excluding steroid dienone is 3. The van der Waals surface area contributed by atoms with Crippen LogP contribution in [0.15, 0.2) is 83.8 Å². The summed E-state index contributed by atoms with van der Waals surface area (Å²) in [6.07, 6.45) is 5.68. The number of benzene rings is 2. The maximum atomic E-state index is 13.5. The molecule has 1 atom stereocenters. The molecule has 35 heavy (non-hydrogen) atoms. The highest BCUT2D eigenvalue weighted by Gasteiger charge is 2.42. The van der Waals surface area contributed by atoms with E-state index in [1.165, 1.54) is 0 Å². The Morgan fingerprint density at radius 1 is 0.914 bits per heavy atom. The summed E-state index contributed by atoms with van der Waals surface area (Å²) in [6.45, 7) is 0.151. The number of fused-ring (bicyclic) bond motifs is 1. The monoisotopic (exact) mass is 460 g/mol. The number of hydrogen-bond donors (Lipinski definition) is 0. The third-order valence-electron chi connectivity index (χ3n) is 6.68. The number of nitrogens with zero attached hydrogens (tertiary/aromatic N) is 4. The molecule has 0 spiro atoms. The largest absolute Gasteiger partial charge is 0.454 e. The van der Waals surface area contributed by atoms with E-state index in [4.69, 9.17) is 9.47 Å². The lowest BCUT2D eigenvalue weighted by atomic mass is 9.75. The van der Waals surface area contributed by atoms with Crippen molar-refractivity contribution in [3.8, 4) is 23.6 Å². The van der Waals surface area contributed by atoms with Crippen molar-refractivity contribution in [1.82, 2.24) is 4.57 Å². The molecule has 2 aromatic carbocycles. The molecule has 0 saturated heterocycles. The van der Waals surface area contributed by atoms with Gasteiger partial charge in [0.2, 0.25) is 6.79 Å². The lowest BCUT2D eigenvalue weighted by Crippen LogP contribution is -2.36. The Bertz CT molecular complexity index is 1480. The zero-order valence-corrected chi connectivity index (χ0v) is 18.8. The molecule has 0 bridgehead atoms. The van der Waals surface area contributed by atoms with Crippen LogP contribution in [0.1, 0.15) is 36.3 Å². The second-order valence-electron chi connectivity index (χ2n) is 8.62. The van der Waals surface area contributed by atoms with Gasteiger partial charge in [-0.15, -0.1) is 0 Å². The van der Waals surface area contributed by atoms with Gasteiger partial charge in [0.1, 0.15) is 5.82 Å². The van der Waals surface area contributed by atoms with Crippen molar-refractivity contribution in [2.24, 2.45) is 0 Å². The molecule has 0 fully saturated rings. The number of hydrogen-bond acceptors (Lipinski definition) is 6. The van der Waals surface area contributed by atoms with Crippen molar-refractivity contribution < 1.29 is 14.3 Å². The average Bonchev–Trinajstić information content (AvgIpc) is 3.59. The van der Waals surface area contributed by atoms with E-state index in [-0.39, 0.29) is 12.6 Å². The number of carbonyl (C=O) groups excluding carboxylic acids is 1. The van der Waals surface area contributed by atoms with Crippen LogP contribution in [-0.2, 0) is 4.79 Å². The number of ketones is 1. The van der Waals surface area contributed by atoms with Crippen LogP contribution in [0.5, 0.6) is 11.5 Å². The van der Waals surface area contributed by atoms with Crippen LogP contribution in [0.4, 0.5) is 5.69 Å². The van der Waals surface area contributed by atoms with Gasteiger partial charge in [-0.3, -0.25) is 9.69 Å². The van der Waals surface area contributed by atoms with E-state index in [0.717, 1.165) is 23.4 Å². The van der Waals surface area contributed by atoms with E-state index in [1.807, 2.05) is 64.3 Å². The first-order valence-electron chi connectivity index (χ1n) is 11.4. The first kappa shape index (κ1) is 20.8. The smallest absolute Gasteiger partial charge is 0.231 e. The first-order valence-corrected chi connectivity index (χ1v) is 11.4. The maximum absolute atomic E-state index is 13.5. The maximum Gasteiger partial charge on any atom is 0.231 e. The summed E-state index contributed by atoms with van der Waals surface area (Å²) < 4.78 is 13.0. The molecule has 0 radical (unpaired) electrons. The number of ether oxygens (including phenoxy) is 2. The SMILES string of the molecule is N#CC1=C(n2cccc2)N(c2ccc(C#N)cc2)C2=C(C(=O)CCC2)[C@@H]1c1ccc2c(c1)OCO2. The van der Waals surface area contributed by atoms with Crippen LogP contribution in [0.2, 0.25) is 0 Å². The molecule has 3 aromatic rings. The molecule has 0 saturated carbocycles. The Morgan fingerprint density at radius 2 is 1.69 bits per heavy atom. The zero-order chi connectivity index (χ0) is 23.9. The van der Waals surface area contributed by atoms with Crippen LogP contribution >= 0.6 is 0 Å². The molecular formula is C28H20N4O3. The fourth-order valence-electron chi connectivity index (χ4n) is 5.16. The Hall–Kier alpha value is -4.75. The van der Waals surface area contributed by atoms with Gasteiger partial charge in [0.15, 0.2) is 17.3 Å². The fourth-order valence-corrected chi connectivity index (χ4v) is 5.16. The van der Waals surface area contributed by atoms with Crippen molar-refractivity contribution in [2.75, 3.05) is 11.7 Å². The molecule has 1 aromatic heterocycles. The number of anilines is 1. The van der Waals surface area contributed by atoms with E-state index in [0.29, 0.717) is 46.9 Å². The quantitative estimate of drug-likeness (QED) is 0.541. The van der Waals surface area contributed by atoms with Gasteiger partial charge >= 0.3 is 0 Å². The van der Waals surface area contributed by atoms with Gasteiger partial charge in [0.05, 0.1) is 29.2 Å². The lowest BCUT2D eigenvalue weighted by Gasteiger charge is -2.41. The zero-order valence-electron chi connectivity index (χ0n) is 18.8. The van der Waals surface area contributed by atoms with Crippen molar-refractivity contribution in [2.45, 2.75) is 25.2 Å². The third kappa shape index (κ3) is 3.29. The predicted molar refractivity (Wildman–Crippen MR) is 128 cm³/mol. The van der Waals surface area contributed by atoms with Crippen LogP contribution in [0.25, 0.3) is 5.82 Å². The summed E-state index contributed by atoms with van der Waals surface area (Å²) in [5.41, 5.74) is 4.16. The summed E-state index contributed by atoms with van der Waals surface area (Å²) in [4.78, 5) is 15.5. The number of Topliss-reactive ketones (excluding diaryl/α,β-unsaturated/α-hetero) is 1. The van der Waals surface area contributed by atoms with Crippen molar-refractivity contribution in [3.63, 3.8) is 0 Å². The molecule has 170 valence electrons. The molecule has 7 heteroatoms. The van der Waals surface area contributed by atoms with Gasteiger partial charge in [-0.25, -0.2) is 0 Å². The summed E-state index contributed by atoms with van der Waals surface area (Å²) in [7, 11) is 0. The summed E-state index contributed by atoms with van der Waals surface area (Å²) in [5, 5.41) is 19.8. The van der Waals surface area contributed by atoms with Crippen LogP contribution in [0.3, 0.4) is 0 Å². The van der Waals surface area contributed by atoms with E-state index in [1.54, 1.807) is 12.1 Å². The molecule has 2 aliphatic heterocycles. The molecule has 1 aliphatic carbocycles. The number of carbonyl (C=O) groups is 1. The lowest BCUT2D eigenvalue weighted by molar-refractivity contribution is -0.116. The molecule has 0 amide bonds. The average molecular weight is 460 g/mol. The number of rotatable bonds is 3. The van der Waals surface area contributed by atoms with Gasteiger partial charge in [0.25, 0.3) is 0 Å². The van der Waals surface area contributed by atoms with E-state index >= 15 is 0 Å². The second kappa shape index (κ2) is 8.23. The highest BCUT2D eigenvalue weighted by molar-refractivity contribution is 6.03. The van der Waals surface area contributed by atoms with Crippen LogP contribution < -0.4 is 14.4 Å². The predicted octanol–water partition coefficient (Wildman–Crippen LogP) is 5.09. The molecule has 3 aliphatic rings. The Balaban J connectivity index is 1.63. The van der Waals surface area contributed by atoms with Crippen LogP contribution in [-0.4, -0.2) is 17.1 Å². The third-order valence-corrected chi connectivity index (χ3v) is 6.68. The van der Waals surface area contributed by atoms with Crippen LogP contribution in [0, 0.1) is 22.7 Å². The summed E-state index contributed by atoms with van der Waals surface area (Å²) >= 11 is 0. The molecule has 7 nitrogen and oxygen atoms in total. The molecule has 6 rings (SSSR count). The standard InChI is InChI=1S/C28H20N4O3/c29-15-18-6-9-20(10-7-18)32-22-4-3-5-23(33)27(22)26(19-8-11-24-25(14-19)35-17-34-24)21(16-30)28(32)31-12-1-2-13-31/h1-2,6-14,26H,3-5,17H2/t26-/m1/s1. The highest BCUT2D eigenvalue weighted by atomic mass is 16.7. The van der Waals surface area contributed by atoms with E-state index in [2.05, 4.69) is 12.1 Å². The summed E-state index contributed by atoms with van der Waals surface area (Å²) in [6, 6.07) is 21.3. The Kier molecular flexibility index (Phi) is 4.90. The minimum Gasteiger partial charge on any atom is -0.454 e. The van der Waals surface area contributed by atoms with E-state index < -0.39 is 5.92 Å². The molecular weight excluding hydrogens is 440 g/mol. The van der Waals surface area contributed by atoms with Gasteiger partial charge < -0.3 is 14.0 Å². The van der Waals surface area contributed by atoms with Gasteiger partial charge in [-0.2, -0.15) is 10.5 Å². The topological polar surface area (TPSA) is 91.3 Å². The Labute approximate surface area is 202 Å². The summed E-state index contributed by atoms with van der Waals surface area (Å²) in [5.74, 6) is 1.47. The van der Waals surface area contributed by atoms with E-state index in [9.17, 15) is 15.3 Å². The van der Waals surface area contributed by atoms with Crippen molar-refractivity contribution in [1.29, 1.82) is 10.5 Å². The molecule has 0 unspecified atom stereocenters. The normalized spacial score (nSPS) is 18.9. The highest BCUT2D eigenvalue weighted by Crippen LogP contribution is 2.49. The molecule has 3 heterocycles. The van der Waals surface area contributed by atoms with Gasteiger partial charge in [0, 0.05) is 35.8 Å². The van der Waals surface area contributed by atoms with Gasteiger partial charge in [-0.05, 0) is 66.9 Å². The van der Waals surface area contributed by atoms with Crippen molar-refractivity contribution in [3.05, 3.63) is 95.0 Å². The minimum atomic E-state index is -0.524. The fraction of sp³-hybridized carbons (Fsp3) is 0.179. The second-order valence-corrected chi connectivity index (χ2v) is 8.62. The molecule has 0 N–H and O–H groups in total. The first-order chi connectivity index (χ1) is 17.2. The Morgan fingerprint density at radius 3 is 2.43 bits per heavy atom. The minimum absolute atomic E-state index is 0.0480. The van der Waals surface area contributed by atoms with Gasteiger partial charge in [-0.1, -0.05) is 6.07 Å². The van der Waals surface area contributed by atoms with Crippen molar-refractivity contribution >= 4 is 17.3 Å². The number of nitriles is 2.